The zero-order valence-electron chi connectivity index (χ0n) is 15.4. The predicted octanol–water partition coefficient (Wildman–Crippen LogP) is 2.95. The number of nitrogens with zero attached hydrogens (tertiary/aromatic N) is 2. The summed E-state index contributed by atoms with van der Waals surface area (Å²) in [4.78, 5) is 36.5. The Hall–Kier alpha value is -2.48. The average Bonchev–Trinajstić information content (AvgIpc) is 2.97. The van der Waals surface area contributed by atoms with E-state index in [2.05, 4.69) is 24.3 Å². The van der Waals surface area contributed by atoms with E-state index in [9.17, 15) is 14.4 Å². The second kappa shape index (κ2) is 8.75. The van der Waals surface area contributed by atoms with Gasteiger partial charge in [0.1, 0.15) is 10.7 Å². The highest BCUT2D eigenvalue weighted by atomic mass is 32.1. The monoisotopic (exact) mass is 377 g/mol. The molecular formula is C18H23N3O4S. The number of aryl methyl sites for hydroxylation is 1. The van der Waals surface area contributed by atoms with Crippen LogP contribution in [0.5, 0.6) is 0 Å². The van der Waals surface area contributed by atoms with E-state index in [0.29, 0.717) is 29.4 Å². The van der Waals surface area contributed by atoms with Crippen LogP contribution in [0.4, 0.5) is 5.00 Å². The maximum absolute atomic E-state index is 12.5. The fourth-order valence-electron chi connectivity index (χ4n) is 2.51. The molecule has 1 amide bonds. The Morgan fingerprint density at radius 1 is 1.35 bits per heavy atom. The van der Waals surface area contributed by atoms with Gasteiger partial charge in [0, 0.05) is 12.6 Å². The molecule has 26 heavy (non-hydrogen) atoms. The van der Waals surface area contributed by atoms with Crippen molar-refractivity contribution in [2.75, 3.05) is 12.4 Å². The Morgan fingerprint density at radius 3 is 2.69 bits per heavy atom. The van der Waals surface area contributed by atoms with Gasteiger partial charge in [0.15, 0.2) is 0 Å². The Labute approximate surface area is 156 Å². The molecule has 0 fully saturated rings. The van der Waals surface area contributed by atoms with Crippen LogP contribution >= 0.6 is 11.3 Å². The van der Waals surface area contributed by atoms with Gasteiger partial charge >= 0.3 is 5.97 Å². The van der Waals surface area contributed by atoms with Crippen LogP contribution in [0.2, 0.25) is 0 Å². The van der Waals surface area contributed by atoms with Crippen LogP contribution in [0.1, 0.15) is 53.6 Å². The first kappa shape index (κ1) is 19.8. The van der Waals surface area contributed by atoms with E-state index >= 15 is 0 Å². The standard InChI is InChI=1S/C18H23N3O4S/c1-5-8-21-14(22)7-6-13(20-21)16(23)19-17-15(18(24)25-4)12(10-26-17)9-11(2)3/h6-7,10-11H,5,8-9H2,1-4H3,(H,19,23). The largest absolute Gasteiger partial charge is 0.465 e. The SMILES string of the molecule is CCCn1nc(C(=O)Nc2scc(CC(C)C)c2C(=O)OC)ccc1=O. The molecule has 0 aliphatic rings. The molecule has 0 aliphatic heterocycles. The smallest absolute Gasteiger partial charge is 0.341 e. The molecule has 0 radical (unpaired) electrons. The van der Waals surface area contributed by atoms with Gasteiger partial charge in [-0.05, 0) is 35.8 Å². The number of methoxy groups -OCH3 is 1. The lowest BCUT2D eigenvalue weighted by atomic mass is 10.0. The van der Waals surface area contributed by atoms with E-state index in [-0.39, 0.29) is 11.3 Å². The van der Waals surface area contributed by atoms with Gasteiger partial charge in [-0.25, -0.2) is 9.48 Å². The van der Waals surface area contributed by atoms with Crippen LogP contribution in [0.15, 0.2) is 22.3 Å². The number of ether oxygens (including phenoxy) is 1. The highest BCUT2D eigenvalue weighted by Crippen LogP contribution is 2.31. The third kappa shape index (κ3) is 4.57. The van der Waals surface area contributed by atoms with E-state index in [1.807, 2.05) is 12.3 Å². The van der Waals surface area contributed by atoms with E-state index in [4.69, 9.17) is 4.74 Å². The molecule has 1 N–H and O–H groups in total. The summed E-state index contributed by atoms with van der Waals surface area (Å²) in [6.45, 7) is 6.46. The third-order valence-electron chi connectivity index (χ3n) is 3.65. The van der Waals surface area contributed by atoms with Crippen molar-refractivity contribution in [2.45, 2.75) is 40.2 Å². The van der Waals surface area contributed by atoms with Crippen LogP contribution in [0.25, 0.3) is 0 Å². The van der Waals surface area contributed by atoms with Gasteiger partial charge in [0.2, 0.25) is 0 Å². The normalized spacial score (nSPS) is 10.8. The first-order valence-electron chi connectivity index (χ1n) is 8.45. The summed E-state index contributed by atoms with van der Waals surface area (Å²) in [5.74, 6) is -0.602. The van der Waals surface area contributed by atoms with Gasteiger partial charge < -0.3 is 10.1 Å². The lowest BCUT2D eigenvalue weighted by Crippen LogP contribution is -2.26. The van der Waals surface area contributed by atoms with Crippen molar-refractivity contribution in [3.63, 3.8) is 0 Å². The molecule has 8 heteroatoms. The first-order valence-corrected chi connectivity index (χ1v) is 9.33. The summed E-state index contributed by atoms with van der Waals surface area (Å²) in [5, 5.41) is 9.09. The number of anilines is 1. The van der Waals surface area contributed by atoms with Crippen molar-refractivity contribution in [2.24, 2.45) is 5.92 Å². The molecule has 2 heterocycles. The number of thiophene rings is 1. The fourth-order valence-corrected chi connectivity index (χ4v) is 3.47. The molecule has 0 bridgehead atoms. The quantitative estimate of drug-likeness (QED) is 0.749. The number of nitrogens with one attached hydrogen (secondary N) is 1. The molecule has 2 rings (SSSR count). The molecule has 0 aliphatic carbocycles. The van der Waals surface area contributed by atoms with Crippen molar-refractivity contribution >= 4 is 28.2 Å². The lowest BCUT2D eigenvalue weighted by molar-refractivity contribution is 0.0601. The van der Waals surface area contributed by atoms with Crippen LogP contribution in [0, 0.1) is 5.92 Å². The molecule has 0 saturated heterocycles. The third-order valence-corrected chi connectivity index (χ3v) is 4.59. The summed E-state index contributed by atoms with van der Waals surface area (Å²) >= 11 is 1.27. The number of carbonyl (C=O) groups excluding carboxylic acids is 2. The number of rotatable bonds is 7. The van der Waals surface area contributed by atoms with Crippen LogP contribution < -0.4 is 10.9 Å². The molecule has 2 aromatic rings. The molecule has 140 valence electrons. The van der Waals surface area contributed by atoms with Crippen molar-refractivity contribution in [3.05, 3.63) is 44.7 Å². The maximum atomic E-state index is 12.5. The molecule has 0 aromatic carbocycles. The molecule has 0 atom stereocenters. The van der Waals surface area contributed by atoms with Gasteiger partial charge in [0.25, 0.3) is 11.5 Å². The van der Waals surface area contributed by atoms with Crippen molar-refractivity contribution in [1.82, 2.24) is 9.78 Å². The van der Waals surface area contributed by atoms with E-state index in [0.717, 1.165) is 12.0 Å². The van der Waals surface area contributed by atoms with Crippen LogP contribution in [-0.2, 0) is 17.7 Å². The van der Waals surface area contributed by atoms with Gasteiger partial charge in [-0.2, -0.15) is 5.10 Å². The van der Waals surface area contributed by atoms with Crippen molar-refractivity contribution in [1.29, 1.82) is 0 Å². The Bertz CT molecular complexity index is 854. The number of hydrogen-bond donors (Lipinski definition) is 1. The minimum Gasteiger partial charge on any atom is -0.465 e. The Balaban J connectivity index is 2.31. The number of hydrogen-bond acceptors (Lipinski definition) is 6. The molecule has 2 aromatic heterocycles. The summed E-state index contributed by atoms with van der Waals surface area (Å²) in [7, 11) is 1.31. The van der Waals surface area contributed by atoms with E-state index < -0.39 is 11.9 Å². The van der Waals surface area contributed by atoms with E-state index in [1.54, 1.807) is 0 Å². The molecular weight excluding hydrogens is 354 g/mol. The van der Waals surface area contributed by atoms with Crippen molar-refractivity contribution in [3.8, 4) is 0 Å². The topological polar surface area (TPSA) is 90.3 Å². The zero-order valence-corrected chi connectivity index (χ0v) is 16.2. The lowest BCUT2D eigenvalue weighted by Gasteiger charge is -2.09. The number of carbonyl (C=O) groups is 2. The second-order valence-corrected chi connectivity index (χ2v) is 7.17. The predicted molar refractivity (Wildman–Crippen MR) is 101 cm³/mol. The second-order valence-electron chi connectivity index (χ2n) is 6.29. The number of esters is 1. The molecule has 7 nitrogen and oxygen atoms in total. The summed E-state index contributed by atoms with van der Waals surface area (Å²) in [6, 6.07) is 2.70. The number of amides is 1. The molecule has 0 unspecified atom stereocenters. The Kier molecular flexibility index (Phi) is 6.68. The summed E-state index contributed by atoms with van der Waals surface area (Å²) < 4.78 is 6.13. The molecule has 0 spiro atoms. The maximum Gasteiger partial charge on any atom is 0.341 e. The summed E-state index contributed by atoms with van der Waals surface area (Å²) in [6.07, 6.45) is 1.43. The number of aromatic nitrogens is 2. The Morgan fingerprint density at radius 2 is 2.08 bits per heavy atom. The van der Waals surface area contributed by atoms with Crippen molar-refractivity contribution < 1.29 is 14.3 Å². The summed E-state index contributed by atoms with van der Waals surface area (Å²) in [5.41, 5.74) is 1.08. The first-order chi connectivity index (χ1) is 12.4. The average molecular weight is 377 g/mol. The highest BCUT2D eigenvalue weighted by molar-refractivity contribution is 7.15. The highest BCUT2D eigenvalue weighted by Gasteiger charge is 2.22. The fraction of sp³-hybridized carbons (Fsp3) is 0.444. The van der Waals surface area contributed by atoms with Gasteiger partial charge in [-0.1, -0.05) is 20.8 Å². The van der Waals surface area contributed by atoms with E-state index in [1.165, 1.54) is 35.3 Å². The molecule has 0 saturated carbocycles. The van der Waals surface area contributed by atoms with Gasteiger partial charge in [-0.3, -0.25) is 9.59 Å². The van der Waals surface area contributed by atoms with Crippen LogP contribution in [0.3, 0.4) is 0 Å². The van der Waals surface area contributed by atoms with Crippen LogP contribution in [-0.4, -0.2) is 28.8 Å². The van der Waals surface area contributed by atoms with Gasteiger partial charge in [0.05, 0.1) is 12.7 Å². The van der Waals surface area contributed by atoms with Gasteiger partial charge in [-0.15, -0.1) is 11.3 Å². The zero-order chi connectivity index (χ0) is 19.3. The minimum atomic E-state index is -0.485. The minimum absolute atomic E-state index is 0.118.